The normalized spacial score (nSPS) is 12.2. The molecule has 1 aromatic rings. The number of benzene rings is 1. The maximum atomic E-state index is 13.7. The van der Waals surface area contributed by atoms with Gasteiger partial charge in [-0.15, -0.1) is 0 Å². The molecule has 1 aromatic carbocycles. The predicted molar refractivity (Wildman–Crippen MR) is 59.4 cm³/mol. The number of nitro groups is 1. The van der Waals surface area contributed by atoms with Gasteiger partial charge in [-0.25, -0.2) is 4.39 Å². The molecule has 0 heterocycles. The predicted octanol–water partition coefficient (Wildman–Crippen LogP) is 0.807. The summed E-state index contributed by atoms with van der Waals surface area (Å²) < 4.78 is 13.7. The molecule has 0 aliphatic rings. The number of rotatable bonds is 5. The molecule has 1 rings (SSSR count). The lowest BCUT2D eigenvalue weighted by molar-refractivity contribution is -0.384. The van der Waals surface area contributed by atoms with Crippen LogP contribution in [0.1, 0.15) is 5.56 Å². The van der Waals surface area contributed by atoms with Crippen LogP contribution in [0.25, 0.3) is 0 Å². The van der Waals surface area contributed by atoms with E-state index in [1.54, 1.807) is 0 Å². The largest absolute Gasteiger partial charge is 0.394 e. The number of hydrogen-bond donors (Lipinski definition) is 3. The van der Waals surface area contributed by atoms with E-state index >= 15 is 0 Å². The molecule has 0 saturated heterocycles. The molecule has 0 aromatic heterocycles. The van der Waals surface area contributed by atoms with Gasteiger partial charge < -0.3 is 15.5 Å². The van der Waals surface area contributed by atoms with Crippen molar-refractivity contribution in [1.82, 2.24) is 0 Å². The zero-order valence-electron chi connectivity index (χ0n) is 9.18. The van der Waals surface area contributed by atoms with E-state index in [4.69, 9.17) is 10.2 Å². The smallest absolute Gasteiger partial charge is 0.295 e. The SMILES string of the molecule is Cc1ccc([N+](=O)[O-])c(NCC(O)CO)c1F. The Bertz CT molecular complexity index is 425. The molecule has 17 heavy (non-hydrogen) atoms. The monoisotopic (exact) mass is 244 g/mol. The van der Waals surface area contributed by atoms with Gasteiger partial charge in [0.25, 0.3) is 5.69 Å². The molecule has 94 valence electrons. The highest BCUT2D eigenvalue weighted by atomic mass is 19.1. The Hall–Kier alpha value is -1.73. The second-order valence-corrected chi connectivity index (χ2v) is 3.56. The van der Waals surface area contributed by atoms with Gasteiger partial charge in [0.1, 0.15) is 5.69 Å². The van der Waals surface area contributed by atoms with Crippen molar-refractivity contribution in [1.29, 1.82) is 0 Å². The fraction of sp³-hybridized carbons (Fsp3) is 0.400. The number of nitrogens with one attached hydrogen (secondary N) is 1. The lowest BCUT2D eigenvalue weighted by Gasteiger charge is -2.12. The fourth-order valence-electron chi connectivity index (χ4n) is 1.27. The lowest BCUT2D eigenvalue weighted by atomic mass is 10.1. The van der Waals surface area contributed by atoms with Crippen LogP contribution in [0.2, 0.25) is 0 Å². The molecule has 0 aliphatic carbocycles. The topological polar surface area (TPSA) is 95.6 Å². The number of nitrogens with zero attached hydrogens (tertiary/aromatic N) is 1. The molecular formula is C10H13FN2O4. The molecule has 0 saturated carbocycles. The highest BCUT2D eigenvalue weighted by molar-refractivity contribution is 5.63. The second kappa shape index (κ2) is 5.55. The van der Waals surface area contributed by atoms with Crippen molar-refractivity contribution in [3.8, 4) is 0 Å². The number of anilines is 1. The fourth-order valence-corrected chi connectivity index (χ4v) is 1.27. The summed E-state index contributed by atoms with van der Waals surface area (Å²) in [6.45, 7) is 0.804. The van der Waals surface area contributed by atoms with Gasteiger partial charge in [-0.1, -0.05) is 0 Å². The summed E-state index contributed by atoms with van der Waals surface area (Å²) in [5.74, 6) is -0.732. The van der Waals surface area contributed by atoms with Crippen LogP contribution in [0.5, 0.6) is 0 Å². The standard InChI is InChI=1S/C10H13FN2O4/c1-6-2-3-8(13(16)17)10(9(6)11)12-4-7(15)5-14/h2-3,7,12,14-15H,4-5H2,1H3. The summed E-state index contributed by atoms with van der Waals surface area (Å²) in [6.07, 6.45) is -1.10. The Kier molecular flexibility index (Phi) is 4.36. The van der Waals surface area contributed by atoms with E-state index in [1.807, 2.05) is 0 Å². The molecule has 7 heteroatoms. The average molecular weight is 244 g/mol. The zero-order chi connectivity index (χ0) is 13.0. The maximum absolute atomic E-state index is 13.7. The summed E-state index contributed by atoms with van der Waals surface area (Å²) in [5.41, 5.74) is -0.419. The van der Waals surface area contributed by atoms with Crippen molar-refractivity contribution in [2.45, 2.75) is 13.0 Å². The average Bonchev–Trinajstić information content (AvgIpc) is 2.30. The third kappa shape index (κ3) is 3.11. The van der Waals surface area contributed by atoms with E-state index in [0.29, 0.717) is 0 Å². The van der Waals surface area contributed by atoms with Gasteiger partial charge >= 0.3 is 0 Å². The molecule has 6 nitrogen and oxygen atoms in total. The molecule has 0 radical (unpaired) electrons. The first-order valence-corrected chi connectivity index (χ1v) is 4.93. The summed E-state index contributed by atoms with van der Waals surface area (Å²) in [7, 11) is 0. The van der Waals surface area contributed by atoms with Crippen molar-refractivity contribution < 1.29 is 19.5 Å². The summed E-state index contributed by atoms with van der Waals surface area (Å²) >= 11 is 0. The number of aliphatic hydroxyl groups excluding tert-OH is 2. The molecular weight excluding hydrogens is 231 g/mol. The molecule has 1 unspecified atom stereocenters. The van der Waals surface area contributed by atoms with Crippen LogP contribution in [0.3, 0.4) is 0 Å². The van der Waals surface area contributed by atoms with Crippen LogP contribution < -0.4 is 5.32 Å². The van der Waals surface area contributed by atoms with Crippen molar-refractivity contribution in [3.05, 3.63) is 33.6 Å². The van der Waals surface area contributed by atoms with Crippen LogP contribution in [0, 0.1) is 22.9 Å². The minimum Gasteiger partial charge on any atom is -0.394 e. The van der Waals surface area contributed by atoms with Crippen LogP contribution in [0.4, 0.5) is 15.8 Å². The second-order valence-electron chi connectivity index (χ2n) is 3.56. The quantitative estimate of drug-likeness (QED) is 0.526. The maximum Gasteiger partial charge on any atom is 0.295 e. The molecule has 0 fully saturated rings. The molecule has 3 N–H and O–H groups in total. The Morgan fingerprint density at radius 1 is 1.59 bits per heavy atom. The highest BCUT2D eigenvalue weighted by Crippen LogP contribution is 2.29. The van der Waals surface area contributed by atoms with Gasteiger partial charge in [-0.3, -0.25) is 10.1 Å². The Balaban J connectivity index is 3.02. The molecule has 0 spiro atoms. The van der Waals surface area contributed by atoms with Crippen LogP contribution >= 0.6 is 0 Å². The Morgan fingerprint density at radius 3 is 2.76 bits per heavy atom. The van der Waals surface area contributed by atoms with E-state index in [1.165, 1.54) is 19.1 Å². The van der Waals surface area contributed by atoms with E-state index in [2.05, 4.69) is 5.32 Å². The molecule has 1 atom stereocenters. The summed E-state index contributed by atoms with van der Waals surface area (Å²) in [5, 5.41) is 30.8. The van der Waals surface area contributed by atoms with Gasteiger partial charge in [-0.05, 0) is 18.6 Å². The first-order chi connectivity index (χ1) is 7.97. The van der Waals surface area contributed by atoms with Crippen molar-refractivity contribution in [2.24, 2.45) is 0 Å². The first kappa shape index (κ1) is 13.3. The first-order valence-electron chi connectivity index (χ1n) is 4.93. The Labute approximate surface area is 96.8 Å². The van der Waals surface area contributed by atoms with E-state index in [9.17, 15) is 14.5 Å². The molecule has 0 bridgehead atoms. The third-order valence-electron chi connectivity index (χ3n) is 2.23. The van der Waals surface area contributed by atoms with E-state index < -0.39 is 29.1 Å². The lowest BCUT2D eigenvalue weighted by Crippen LogP contribution is -2.23. The van der Waals surface area contributed by atoms with Crippen molar-refractivity contribution in [3.63, 3.8) is 0 Å². The van der Waals surface area contributed by atoms with Gasteiger partial charge in [0, 0.05) is 12.6 Å². The van der Waals surface area contributed by atoms with Crippen LogP contribution in [0.15, 0.2) is 12.1 Å². The van der Waals surface area contributed by atoms with Gasteiger partial charge in [-0.2, -0.15) is 0 Å². The van der Waals surface area contributed by atoms with E-state index in [-0.39, 0.29) is 17.8 Å². The molecule has 0 aliphatic heterocycles. The van der Waals surface area contributed by atoms with E-state index in [0.717, 1.165) is 0 Å². The van der Waals surface area contributed by atoms with Crippen LogP contribution in [-0.4, -0.2) is 34.4 Å². The summed E-state index contributed by atoms with van der Waals surface area (Å²) in [6, 6.07) is 2.49. The van der Waals surface area contributed by atoms with Gasteiger partial charge in [0.05, 0.1) is 17.6 Å². The third-order valence-corrected chi connectivity index (χ3v) is 2.23. The zero-order valence-corrected chi connectivity index (χ0v) is 9.18. The van der Waals surface area contributed by atoms with Gasteiger partial charge in [0.2, 0.25) is 0 Å². The number of halogens is 1. The minimum absolute atomic E-state index is 0.169. The molecule has 0 amide bonds. The highest BCUT2D eigenvalue weighted by Gasteiger charge is 2.20. The number of aliphatic hydroxyl groups is 2. The Morgan fingerprint density at radius 2 is 2.24 bits per heavy atom. The van der Waals surface area contributed by atoms with Gasteiger partial charge in [0.15, 0.2) is 5.82 Å². The minimum atomic E-state index is -1.10. The summed E-state index contributed by atoms with van der Waals surface area (Å²) in [4.78, 5) is 9.97. The van der Waals surface area contributed by atoms with Crippen molar-refractivity contribution >= 4 is 11.4 Å². The number of hydrogen-bond acceptors (Lipinski definition) is 5. The van der Waals surface area contributed by atoms with Crippen molar-refractivity contribution in [2.75, 3.05) is 18.5 Å². The number of nitro benzene ring substituents is 1. The number of aryl methyl sites for hydroxylation is 1. The van der Waals surface area contributed by atoms with Crippen LogP contribution in [-0.2, 0) is 0 Å².